The zero-order valence-electron chi connectivity index (χ0n) is 7.37. The molecule has 1 heterocycles. The Bertz CT molecular complexity index is 239. The van der Waals surface area contributed by atoms with Gasteiger partial charge in [0.15, 0.2) is 0 Å². The molecule has 1 aromatic rings. The molecule has 0 fully saturated rings. The van der Waals surface area contributed by atoms with Crippen LogP contribution < -0.4 is 5.32 Å². The van der Waals surface area contributed by atoms with Crippen LogP contribution >= 0.6 is 11.8 Å². The van der Waals surface area contributed by atoms with E-state index in [0.717, 1.165) is 23.9 Å². The number of hydrogen-bond acceptors (Lipinski definition) is 4. The summed E-state index contributed by atoms with van der Waals surface area (Å²) in [6, 6.07) is 1.90. The van der Waals surface area contributed by atoms with Crippen molar-refractivity contribution >= 4 is 17.7 Å². The third-order valence-electron chi connectivity index (χ3n) is 1.37. The Morgan fingerprint density at radius 2 is 2.42 bits per heavy atom. The Hall–Kier alpha value is -0.770. The Kier molecular flexibility index (Phi) is 3.87. The molecule has 12 heavy (non-hydrogen) atoms. The first-order chi connectivity index (χ1) is 5.86. The third-order valence-corrected chi connectivity index (χ3v) is 2.02. The van der Waals surface area contributed by atoms with Gasteiger partial charge in [-0.05, 0) is 18.7 Å². The summed E-state index contributed by atoms with van der Waals surface area (Å²) < 4.78 is 0. The maximum atomic E-state index is 4.27. The van der Waals surface area contributed by atoms with Gasteiger partial charge >= 0.3 is 0 Å². The summed E-state index contributed by atoms with van der Waals surface area (Å²) in [5.74, 6) is 0.726. The molecule has 4 heteroatoms. The van der Waals surface area contributed by atoms with Gasteiger partial charge in [0.05, 0.1) is 0 Å². The van der Waals surface area contributed by atoms with Gasteiger partial charge in [-0.2, -0.15) is 0 Å². The summed E-state index contributed by atoms with van der Waals surface area (Å²) in [5.41, 5.74) is 0. The number of rotatable bonds is 4. The number of aromatic nitrogens is 2. The van der Waals surface area contributed by atoms with Crippen LogP contribution in [0.4, 0.5) is 5.95 Å². The molecule has 0 amide bonds. The van der Waals surface area contributed by atoms with Crippen molar-refractivity contribution in [3.8, 4) is 0 Å². The Morgan fingerprint density at radius 3 is 3.08 bits per heavy atom. The minimum absolute atomic E-state index is 0.726. The number of nitrogens with zero attached hydrogens (tertiary/aromatic N) is 2. The van der Waals surface area contributed by atoms with Gasteiger partial charge in [-0.3, -0.25) is 0 Å². The summed E-state index contributed by atoms with van der Waals surface area (Å²) in [4.78, 5) is 8.36. The highest BCUT2D eigenvalue weighted by Gasteiger charge is 1.95. The first-order valence-corrected chi connectivity index (χ1v) is 5.20. The van der Waals surface area contributed by atoms with Crippen LogP contribution in [0.2, 0.25) is 0 Å². The van der Waals surface area contributed by atoms with Crippen molar-refractivity contribution in [2.24, 2.45) is 0 Å². The Morgan fingerprint density at radius 1 is 1.58 bits per heavy atom. The fourth-order valence-corrected chi connectivity index (χ4v) is 1.15. The van der Waals surface area contributed by atoms with Crippen LogP contribution in [0.15, 0.2) is 17.3 Å². The molecule has 0 bridgehead atoms. The fraction of sp³-hybridized carbons (Fsp3) is 0.500. The second kappa shape index (κ2) is 4.98. The van der Waals surface area contributed by atoms with Crippen LogP contribution in [-0.4, -0.2) is 22.8 Å². The van der Waals surface area contributed by atoms with Crippen LogP contribution in [-0.2, 0) is 0 Å². The van der Waals surface area contributed by atoms with Crippen molar-refractivity contribution < 1.29 is 0 Å². The number of thioether (sulfide) groups is 1. The summed E-state index contributed by atoms with van der Waals surface area (Å²) in [7, 11) is 0. The number of hydrogen-bond donors (Lipinski definition) is 1. The maximum absolute atomic E-state index is 4.27. The van der Waals surface area contributed by atoms with Crippen LogP contribution in [0, 0.1) is 0 Å². The van der Waals surface area contributed by atoms with Crippen molar-refractivity contribution in [3.05, 3.63) is 12.3 Å². The zero-order chi connectivity index (χ0) is 8.81. The quantitative estimate of drug-likeness (QED) is 0.572. The zero-order valence-corrected chi connectivity index (χ0v) is 8.19. The number of anilines is 1. The first-order valence-electron chi connectivity index (χ1n) is 3.97. The average molecular weight is 183 g/mol. The van der Waals surface area contributed by atoms with E-state index in [1.54, 1.807) is 18.0 Å². The van der Waals surface area contributed by atoms with E-state index in [1.807, 2.05) is 12.3 Å². The lowest BCUT2D eigenvalue weighted by atomic mass is 10.5. The molecule has 0 saturated carbocycles. The van der Waals surface area contributed by atoms with Crippen molar-refractivity contribution in [2.75, 3.05) is 18.1 Å². The van der Waals surface area contributed by atoms with Crippen molar-refractivity contribution in [2.45, 2.75) is 18.4 Å². The van der Waals surface area contributed by atoms with Crippen LogP contribution in [0.3, 0.4) is 0 Å². The fourth-order valence-electron chi connectivity index (χ4n) is 0.778. The van der Waals surface area contributed by atoms with Gasteiger partial charge in [0.2, 0.25) is 5.95 Å². The van der Waals surface area contributed by atoms with E-state index in [2.05, 4.69) is 22.2 Å². The number of nitrogens with one attached hydrogen (secondary N) is 1. The minimum Gasteiger partial charge on any atom is -0.354 e. The highest BCUT2D eigenvalue weighted by Crippen LogP contribution is 2.11. The van der Waals surface area contributed by atoms with Crippen LogP contribution in [0.5, 0.6) is 0 Å². The lowest BCUT2D eigenvalue weighted by molar-refractivity contribution is 0.935. The molecule has 0 unspecified atom stereocenters. The summed E-state index contributed by atoms with van der Waals surface area (Å²) in [6.45, 7) is 3.04. The summed E-state index contributed by atoms with van der Waals surface area (Å²) in [5, 5.41) is 4.14. The Labute approximate surface area is 77.0 Å². The standard InChI is InChI=1S/C8H13N3S/c1-3-5-9-8-10-6-4-7(11-8)12-2/h4,6H,3,5H2,1-2H3,(H,9,10,11). The topological polar surface area (TPSA) is 37.8 Å². The molecule has 0 saturated heterocycles. The highest BCUT2D eigenvalue weighted by molar-refractivity contribution is 7.98. The van der Waals surface area contributed by atoms with Gasteiger partial charge < -0.3 is 5.32 Å². The predicted octanol–water partition coefficient (Wildman–Crippen LogP) is 2.02. The van der Waals surface area contributed by atoms with Gasteiger partial charge in [-0.25, -0.2) is 9.97 Å². The highest BCUT2D eigenvalue weighted by atomic mass is 32.2. The molecule has 0 atom stereocenters. The maximum Gasteiger partial charge on any atom is 0.223 e. The molecule has 66 valence electrons. The molecule has 0 spiro atoms. The van der Waals surface area contributed by atoms with Crippen LogP contribution in [0.25, 0.3) is 0 Å². The molecular formula is C8H13N3S. The Balaban J connectivity index is 2.60. The molecule has 1 N–H and O–H groups in total. The summed E-state index contributed by atoms with van der Waals surface area (Å²) in [6.07, 6.45) is 4.87. The van der Waals surface area contributed by atoms with Gasteiger partial charge in [-0.15, -0.1) is 11.8 Å². The lowest BCUT2D eigenvalue weighted by Gasteiger charge is -2.02. The first kappa shape index (κ1) is 9.32. The molecule has 0 aromatic carbocycles. The van der Waals surface area contributed by atoms with E-state index < -0.39 is 0 Å². The van der Waals surface area contributed by atoms with E-state index in [0.29, 0.717) is 0 Å². The lowest BCUT2D eigenvalue weighted by Crippen LogP contribution is -2.03. The summed E-state index contributed by atoms with van der Waals surface area (Å²) >= 11 is 1.63. The third kappa shape index (κ3) is 2.70. The molecule has 0 aliphatic heterocycles. The molecule has 1 rings (SSSR count). The largest absolute Gasteiger partial charge is 0.354 e. The minimum atomic E-state index is 0.726. The van der Waals surface area contributed by atoms with Crippen LogP contribution in [0.1, 0.15) is 13.3 Å². The van der Waals surface area contributed by atoms with Gasteiger partial charge in [0.1, 0.15) is 5.03 Å². The molecule has 3 nitrogen and oxygen atoms in total. The van der Waals surface area contributed by atoms with Gasteiger partial charge in [-0.1, -0.05) is 6.92 Å². The second-order valence-electron chi connectivity index (χ2n) is 2.35. The van der Waals surface area contributed by atoms with E-state index in [4.69, 9.17) is 0 Å². The van der Waals surface area contributed by atoms with E-state index >= 15 is 0 Å². The molecule has 1 aromatic heterocycles. The smallest absolute Gasteiger partial charge is 0.223 e. The normalized spacial score (nSPS) is 9.83. The van der Waals surface area contributed by atoms with Crippen molar-refractivity contribution in [3.63, 3.8) is 0 Å². The van der Waals surface area contributed by atoms with E-state index in [9.17, 15) is 0 Å². The van der Waals surface area contributed by atoms with Crippen molar-refractivity contribution in [1.29, 1.82) is 0 Å². The molecule has 0 radical (unpaired) electrons. The van der Waals surface area contributed by atoms with Gasteiger partial charge in [0.25, 0.3) is 0 Å². The molecular weight excluding hydrogens is 170 g/mol. The second-order valence-corrected chi connectivity index (χ2v) is 3.18. The van der Waals surface area contributed by atoms with E-state index in [-0.39, 0.29) is 0 Å². The van der Waals surface area contributed by atoms with Crippen molar-refractivity contribution in [1.82, 2.24) is 9.97 Å². The predicted molar refractivity (Wildman–Crippen MR) is 52.6 cm³/mol. The monoisotopic (exact) mass is 183 g/mol. The molecule has 0 aliphatic rings. The average Bonchev–Trinajstić information content (AvgIpc) is 2.15. The SMILES string of the molecule is CCCNc1nccc(SC)n1. The molecule has 0 aliphatic carbocycles. The van der Waals surface area contributed by atoms with Gasteiger partial charge in [0, 0.05) is 12.7 Å². The van der Waals surface area contributed by atoms with E-state index in [1.165, 1.54) is 0 Å².